The number of nitrogens with zero attached hydrogens (tertiary/aromatic N) is 8. The summed E-state index contributed by atoms with van der Waals surface area (Å²) >= 11 is 0. The molecule has 13 rings (SSSR count). The summed E-state index contributed by atoms with van der Waals surface area (Å²) in [5, 5.41) is 9.02. The van der Waals surface area contributed by atoms with Crippen molar-refractivity contribution in [1.82, 2.24) is 50.1 Å². The minimum atomic E-state index is -4.58. The third kappa shape index (κ3) is 12.0. The van der Waals surface area contributed by atoms with Crippen LogP contribution < -0.4 is 16.1 Å². The number of rotatable bonds is 11. The maximum Gasteiger partial charge on any atom is 0.406 e. The quantitative estimate of drug-likeness (QED) is 0.197. The lowest BCUT2D eigenvalue weighted by Crippen LogP contribution is -2.63. The van der Waals surface area contributed by atoms with Crippen molar-refractivity contribution in [1.29, 1.82) is 0 Å². The molecular weight excluding hydrogens is 1080 g/mol. The minimum absolute atomic E-state index is 0.0377. The molecule has 2 aliphatic carbocycles. The molecule has 9 aliphatic heterocycles. The number of halogens is 3. The van der Waals surface area contributed by atoms with E-state index >= 15 is 22.8 Å². The van der Waals surface area contributed by atoms with Gasteiger partial charge in [0.1, 0.15) is 24.7 Å². The lowest BCUT2D eigenvalue weighted by molar-refractivity contribution is -0.155. The predicted octanol–water partition coefficient (Wildman–Crippen LogP) is 5.24. The molecular formula is C63H88F3N11O7. The molecule has 6 saturated heterocycles. The van der Waals surface area contributed by atoms with Gasteiger partial charge < -0.3 is 29.0 Å². The Labute approximate surface area is 492 Å². The number of hydrogen-bond acceptors (Lipinski definition) is 14. The molecule has 458 valence electrons. The van der Waals surface area contributed by atoms with Gasteiger partial charge in [0.25, 0.3) is 5.91 Å². The Kier molecular flexibility index (Phi) is 16.2. The summed E-state index contributed by atoms with van der Waals surface area (Å²) in [5.74, 6) is -0.00553. The van der Waals surface area contributed by atoms with Gasteiger partial charge in [-0.2, -0.15) is 13.2 Å². The summed E-state index contributed by atoms with van der Waals surface area (Å²) < 4.78 is 65.5. The van der Waals surface area contributed by atoms with Crippen molar-refractivity contribution < 1.29 is 46.6 Å². The van der Waals surface area contributed by atoms with Gasteiger partial charge in [0.05, 0.1) is 43.4 Å². The van der Waals surface area contributed by atoms with E-state index in [1.807, 2.05) is 45.2 Å². The molecule has 10 atom stereocenters. The van der Waals surface area contributed by atoms with E-state index in [9.17, 15) is 9.59 Å². The number of amides is 3. The zero-order valence-electron chi connectivity index (χ0n) is 49.7. The number of benzene rings is 1. The molecule has 8 fully saturated rings. The lowest BCUT2D eigenvalue weighted by Gasteiger charge is -2.46. The first-order valence-corrected chi connectivity index (χ1v) is 31.7. The van der Waals surface area contributed by atoms with Gasteiger partial charge in [-0.25, -0.2) is 5.43 Å². The highest BCUT2D eigenvalue weighted by atomic mass is 19.4. The number of cyclic esters (lactones) is 1. The fraction of sp³-hybridized carbons (Fsp3) is 0.730. The third-order valence-electron chi connectivity index (χ3n) is 21.0. The number of hydrazine groups is 1. The fourth-order valence-corrected chi connectivity index (χ4v) is 16.2. The molecule has 1 spiro atoms. The number of carbonyl (C=O) groups excluding carboxylic acids is 4. The average molecular weight is 1170 g/mol. The second kappa shape index (κ2) is 23.4. The van der Waals surface area contributed by atoms with Crippen LogP contribution in [-0.4, -0.2) is 224 Å². The van der Waals surface area contributed by atoms with E-state index in [0.717, 1.165) is 101 Å². The van der Waals surface area contributed by atoms with Gasteiger partial charge in [-0.1, -0.05) is 38.8 Å². The first-order valence-electron chi connectivity index (χ1n) is 31.7. The topological polar surface area (TPSA) is 179 Å². The molecule has 1 aromatic carbocycles. The number of esters is 1. The maximum absolute atomic E-state index is 15.3. The first-order chi connectivity index (χ1) is 40.4. The van der Waals surface area contributed by atoms with E-state index in [4.69, 9.17) is 19.2 Å². The monoisotopic (exact) mass is 1170 g/mol. The van der Waals surface area contributed by atoms with E-state index < -0.39 is 48.3 Å². The Hall–Kier alpha value is -4.74. The summed E-state index contributed by atoms with van der Waals surface area (Å²) in [5.41, 5.74) is 7.19. The highest BCUT2D eigenvalue weighted by Crippen LogP contribution is 2.47. The number of nitrogens with one attached hydrogen (secondary N) is 3. The van der Waals surface area contributed by atoms with Crippen LogP contribution >= 0.6 is 0 Å². The van der Waals surface area contributed by atoms with E-state index in [0.29, 0.717) is 105 Å². The molecule has 1 unspecified atom stereocenters. The largest absolute Gasteiger partial charge is 0.464 e. The Balaban J connectivity index is 0.823. The zero-order valence-corrected chi connectivity index (χ0v) is 49.7. The highest BCUT2D eigenvalue weighted by Gasteiger charge is 2.55. The second-order valence-corrected chi connectivity index (χ2v) is 27.6. The molecule has 18 nitrogen and oxygen atoms in total. The Morgan fingerprint density at radius 2 is 1.76 bits per heavy atom. The fourth-order valence-electron chi connectivity index (χ4n) is 16.2. The Morgan fingerprint density at radius 1 is 0.952 bits per heavy atom. The number of piperazine rings is 1. The summed E-state index contributed by atoms with van der Waals surface area (Å²) in [6.45, 7) is 13.7. The number of carbonyl (C=O) groups is 4. The number of alkyl halides is 3. The van der Waals surface area contributed by atoms with Crippen LogP contribution in [0.1, 0.15) is 115 Å². The van der Waals surface area contributed by atoms with E-state index in [1.165, 1.54) is 22.4 Å². The normalized spacial score (nSPS) is 32.8. The number of likely N-dealkylation sites (tertiary alicyclic amines) is 2. The van der Waals surface area contributed by atoms with Gasteiger partial charge in [-0.05, 0) is 125 Å². The molecule has 84 heavy (non-hydrogen) atoms. The summed E-state index contributed by atoms with van der Waals surface area (Å²) in [6, 6.07) is 3.86. The van der Waals surface area contributed by atoms with Crippen LogP contribution in [0.4, 0.5) is 13.2 Å². The minimum Gasteiger partial charge on any atom is -0.464 e. The molecule has 6 bridgehead atoms. The zero-order chi connectivity index (χ0) is 58.2. The van der Waals surface area contributed by atoms with Crippen LogP contribution in [0.15, 0.2) is 35.0 Å². The lowest BCUT2D eigenvalue weighted by atomic mass is 9.83. The Morgan fingerprint density at radius 3 is 2.56 bits per heavy atom. The predicted molar refractivity (Wildman–Crippen MR) is 312 cm³/mol. The smallest absolute Gasteiger partial charge is 0.406 e. The van der Waals surface area contributed by atoms with Gasteiger partial charge in [0.15, 0.2) is 0 Å². The van der Waals surface area contributed by atoms with Crippen molar-refractivity contribution in [3.8, 4) is 0 Å². The standard InChI is InChI=1S/C63H88F3N11O7/c1-39(82-4)52-47(28-44(30-67-52)73-24-23-72-25-26-83-34-45(72)32-73)56-48-29-61(2,3)38-84-60(81)49-12-8-20-77(70-49)58(79)50(33-71-19-7-11-43(31-71)42-15-16-51(46(48)27-42)76(56)37-63(64,65)66)68-57(78)55(41-9-5-6-10-41)74-21-17-62(35-74)18-22-75(36-62)59(80)54-53(69-54)40-13-14-40/h11,15-16,27,30,39-41,44-45,49-50,53-55,69-70H,5-10,12-14,17-26,28-29,31-38H2,1-4H3,(H,68,78)/t39-,44+,45-,49-,50-,53+,54+,55-,62-/m0/s1. The summed E-state index contributed by atoms with van der Waals surface area (Å²) in [6.07, 6.45) is 9.52. The second-order valence-electron chi connectivity index (χ2n) is 27.6. The molecule has 0 radical (unpaired) electrons. The van der Waals surface area contributed by atoms with Crippen LogP contribution in [0, 0.1) is 22.7 Å². The van der Waals surface area contributed by atoms with E-state index in [-0.39, 0.29) is 66.8 Å². The van der Waals surface area contributed by atoms with Crippen LogP contribution in [0.5, 0.6) is 0 Å². The summed E-state index contributed by atoms with van der Waals surface area (Å²) in [4.78, 5) is 75.2. The van der Waals surface area contributed by atoms with Gasteiger partial charge in [-0.15, -0.1) is 0 Å². The van der Waals surface area contributed by atoms with Crippen molar-refractivity contribution in [2.24, 2.45) is 27.7 Å². The van der Waals surface area contributed by atoms with E-state index in [1.54, 1.807) is 7.11 Å². The molecule has 11 aliphatic rings. The number of fused-ring (bicyclic) bond motifs is 7. The van der Waals surface area contributed by atoms with Crippen molar-refractivity contribution in [3.05, 3.63) is 46.8 Å². The van der Waals surface area contributed by atoms with Gasteiger partial charge in [0, 0.05) is 131 Å². The Bertz CT molecular complexity index is 2950. The number of aliphatic imine (C=N–C) groups is 1. The molecule has 1 aromatic heterocycles. The van der Waals surface area contributed by atoms with Gasteiger partial charge in [-0.3, -0.25) is 54.1 Å². The highest BCUT2D eigenvalue weighted by molar-refractivity contribution is 5.95. The van der Waals surface area contributed by atoms with Crippen LogP contribution in [0.3, 0.4) is 0 Å². The van der Waals surface area contributed by atoms with Crippen LogP contribution in [0.2, 0.25) is 0 Å². The van der Waals surface area contributed by atoms with E-state index in [2.05, 4.69) is 46.6 Å². The van der Waals surface area contributed by atoms with Gasteiger partial charge in [0.2, 0.25) is 11.8 Å². The number of hydrogen-bond donors (Lipinski definition) is 3. The van der Waals surface area contributed by atoms with Crippen LogP contribution in [0.25, 0.3) is 22.0 Å². The SMILES string of the molecule is CO[C@@H](C)C1=C(c2c3c4cc(ccc4n2CC(F)(F)F)C2=CCCN(C2)C[C@H](NC(=O)[C@H](C2CCCC2)N2CC[C@]4(CCN(C(=O)[C@@H]5N[C@@H]5C5CC5)C4)C2)C(=O)N2CCC[C@H](N2)C(=O)OCC(C)(C)C3)C[C@@H](N2CCN3CCOC[C@@H]3C2)C=N1. The average Bonchev–Trinajstić information content (AvgIpc) is 3.21. The van der Waals surface area contributed by atoms with Crippen molar-refractivity contribution in [2.75, 3.05) is 105 Å². The maximum atomic E-state index is 15.3. The number of aromatic nitrogens is 1. The van der Waals surface area contributed by atoms with Crippen LogP contribution in [-0.2, 0) is 46.4 Å². The molecule has 2 aromatic rings. The van der Waals surface area contributed by atoms with Crippen molar-refractivity contribution in [3.63, 3.8) is 0 Å². The van der Waals surface area contributed by atoms with Gasteiger partial charge >= 0.3 is 12.1 Å². The molecule has 10 heterocycles. The first kappa shape index (κ1) is 58.3. The number of methoxy groups -OCH3 is 1. The third-order valence-corrected chi connectivity index (χ3v) is 21.0. The van der Waals surface area contributed by atoms with Crippen molar-refractivity contribution >= 4 is 52.0 Å². The molecule has 2 saturated carbocycles. The number of ether oxygens (including phenoxy) is 3. The molecule has 3 N–H and O–H groups in total. The number of morpholine rings is 1. The molecule has 3 amide bonds. The van der Waals surface area contributed by atoms with Crippen molar-refractivity contribution in [2.45, 2.75) is 165 Å². The summed E-state index contributed by atoms with van der Waals surface area (Å²) in [7, 11) is 1.60. The molecule has 21 heteroatoms.